The molecule has 0 bridgehead atoms. The second kappa shape index (κ2) is 7.37. The van der Waals surface area contributed by atoms with Crippen molar-refractivity contribution in [3.05, 3.63) is 29.8 Å². The van der Waals surface area contributed by atoms with Crippen LogP contribution >= 0.6 is 11.8 Å². The van der Waals surface area contributed by atoms with E-state index in [-0.39, 0.29) is 0 Å². The van der Waals surface area contributed by atoms with Crippen molar-refractivity contribution in [1.29, 1.82) is 0 Å². The van der Waals surface area contributed by atoms with Crippen LogP contribution in [0.25, 0.3) is 0 Å². The Morgan fingerprint density at radius 3 is 2.70 bits per heavy atom. The topological polar surface area (TPSA) is 21.3 Å². The molecule has 1 atom stereocenters. The van der Waals surface area contributed by atoms with Crippen LogP contribution in [-0.4, -0.2) is 23.3 Å². The highest BCUT2D eigenvalue weighted by Crippen LogP contribution is 2.28. The normalized spacial score (nSPS) is 23.4. The van der Waals surface area contributed by atoms with Gasteiger partial charge in [0.2, 0.25) is 0 Å². The fourth-order valence-electron chi connectivity index (χ4n) is 2.57. The summed E-state index contributed by atoms with van der Waals surface area (Å²) in [4.78, 5) is 0. The minimum absolute atomic E-state index is 0.383. The third-order valence-corrected chi connectivity index (χ3v) is 4.78. The van der Waals surface area contributed by atoms with E-state index in [4.69, 9.17) is 4.74 Å². The van der Waals surface area contributed by atoms with Crippen molar-refractivity contribution in [1.82, 2.24) is 5.32 Å². The third-order valence-electron chi connectivity index (χ3n) is 3.81. The lowest BCUT2D eigenvalue weighted by Gasteiger charge is -2.37. The smallest absolute Gasteiger partial charge is 0.120 e. The molecule has 1 aromatic carbocycles. The van der Waals surface area contributed by atoms with Crippen molar-refractivity contribution in [2.75, 3.05) is 5.75 Å². The second-order valence-electron chi connectivity index (χ2n) is 5.90. The van der Waals surface area contributed by atoms with Crippen molar-refractivity contribution in [2.45, 2.75) is 64.0 Å². The van der Waals surface area contributed by atoms with Crippen molar-refractivity contribution in [2.24, 2.45) is 0 Å². The quantitative estimate of drug-likeness (QED) is 0.752. The molecule has 3 heteroatoms. The van der Waals surface area contributed by atoms with E-state index in [9.17, 15) is 0 Å². The first kappa shape index (κ1) is 15.7. The summed E-state index contributed by atoms with van der Waals surface area (Å²) in [6.45, 7) is 8.89. The molecule has 2 rings (SSSR count). The van der Waals surface area contributed by atoms with Crippen LogP contribution in [0.2, 0.25) is 0 Å². The van der Waals surface area contributed by atoms with Crippen LogP contribution in [0, 0.1) is 0 Å². The maximum absolute atomic E-state index is 6.07. The molecular formula is C17H27NOS. The van der Waals surface area contributed by atoms with Gasteiger partial charge in [0.25, 0.3) is 0 Å². The number of thioether (sulfide) groups is 1. The first-order chi connectivity index (χ1) is 9.58. The predicted octanol–water partition coefficient (Wildman–Crippen LogP) is 4.41. The van der Waals surface area contributed by atoms with E-state index in [0.29, 0.717) is 23.4 Å². The highest BCUT2D eigenvalue weighted by molar-refractivity contribution is 7.99. The predicted molar refractivity (Wildman–Crippen MR) is 88.7 cm³/mol. The highest BCUT2D eigenvalue weighted by atomic mass is 32.2. The van der Waals surface area contributed by atoms with Crippen molar-refractivity contribution < 1.29 is 4.74 Å². The van der Waals surface area contributed by atoms with Crippen LogP contribution in [0.1, 0.15) is 52.0 Å². The lowest BCUT2D eigenvalue weighted by atomic mass is 9.89. The molecular weight excluding hydrogens is 266 g/mol. The van der Waals surface area contributed by atoms with Crippen molar-refractivity contribution in [3.63, 3.8) is 0 Å². The summed E-state index contributed by atoms with van der Waals surface area (Å²) in [5.41, 5.74) is 1.35. The lowest BCUT2D eigenvalue weighted by Crippen LogP contribution is -2.49. The van der Waals surface area contributed by atoms with Crippen molar-refractivity contribution in [3.8, 4) is 5.75 Å². The average molecular weight is 293 g/mol. The van der Waals surface area contributed by atoms with Crippen LogP contribution in [0.5, 0.6) is 5.75 Å². The summed E-state index contributed by atoms with van der Waals surface area (Å²) in [5, 5.41) is 4.20. The fourth-order valence-corrected chi connectivity index (χ4v) is 3.36. The Morgan fingerprint density at radius 2 is 2.05 bits per heavy atom. The van der Waals surface area contributed by atoms with Crippen LogP contribution < -0.4 is 10.1 Å². The number of hydrogen-bond donors (Lipinski definition) is 1. The zero-order valence-corrected chi connectivity index (χ0v) is 13.9. The highest BCUT2D eigenvalue weighted by Gasteiger charge is 2.31. The van der Waals surface area contributed by atoms with Gasteiger partial charge in [-0.1, -0.05) is 32.9 Å². The summed E-state index contributed by atoms with van der Waals surface area (Å²) in [6.07, 6.45) is 2.63. The van der Waals surface area contributed by atoms with Gasteiger partial charge in [0.05, 0.1) is 5.37 Å². The maximum atomic E-state index is 6.07. The standard InChI is InChI=1S/C17H27NOS/c1-5-20-13(4)18-15-10-17(11-15)19-16-8-6-7-14(9-16)12(2)3/h6-9,12-13,15,17-18H,5,10-11H2,1-4H3/t13?,15-,17-. The Labute approximate surface area is 127 Å². The van der Waals surface area contributed by atoms with Gasteiger partial charge in [-0.2, -0.15) is 0 Å². The van der Waals surface area contributed by atoms with Gasteiger partial charge in [-0.05, 0) is 49.1 Å². The fraction of sp³-hybridized carbons (Fsp3) is 0.647. The molecule has 1 aliphatic carbocycles. The largest absolute Gasteiger partial charge is 0.490 e. The van der Waals surface area contributed by atoms with E-state index in [2.05, 4.69) is 57.3 Å². The molecule has 1 saturated carbocycles. The molecule has 1 aliphatic rings. The lowest BCUT2D eigenvalue weighted by molar-refractivity contribution is 0.0845. The van der Waals surface area contributed by atoms with E-state index >= 15 is 0 Å². The molecule has 20 heavy (non-hydrogen) atoms. The summed E-state index contributed by atoms with van der Waals surface area (Å²) >= 11 is 1.97. The summed E-state index contributed by atoms with van der Waals surface area (Å²) in [6, 6.07) is 9.15. The Balaban J connectivity index is 1.75. The Morgan fingerprint density at radius 1 is 1.30 bits per heavy atom. The van der Waals surface area contributed by atoms with E-state index < -0.39 is 0 Å². The maximum Gasteiger partial charge on any atom is 0.120 e. The van der Waals surface area contributed by atoms with E-state index in [1.54, 1.807) is 0 Å². The Kier molecular flexibility index (Phi) is 5.79. The molecule has 0 aromatic heterocycles. The zero-order valence-electron chi connectivity index (χ0n) is 13.1. The minimum Gasteiger partial charge on any atom is -0.490 e. The first-order valence-electron chi connectivity index (χ1n) is 7.72. The molecule has 0 amide bonds. The van der Waals surface area contributed by atoms with Gasteiger partial charge < -0.3 is 10.1 Å². The Bertz CT molecular complexity index is 415. The monoisotopic (exact) mass is 293 g/mol. The zero-order chi connectivity index (χ0) is 14.5. The Hall–Kier alpha value is -0.670. The molecule has 0 aliphatic heterocycles. The van der Waals surface area contributed by atoms with E-state index in [1.165, 1.54) is 11.3 Å². The summed E-state index contributed by atoms with van der Waals surface area (Å²) in [7, 11) is 0. The van der Waals surface area contributed by atoms with Crippen LogP contribution in [0.4, 0.5) is 0 Å². The van der Waals surface area contributed by atoms with Crippen molar-refractivity contribution >= 4 is 11.8 Å². The molecule has 1 unspecified atom stereocenters. The summed E-state index contributed by atoms with van der Waals surface area (Å²) in [5.74, 6) is 2.75. The number of hydrogen-bond acceptors (Lipinski definition) is 3. The molecule has 0 heterocycles. The molecule has 0 radical (unpaired) electrons. The van der Waals surface area contributed by atoms with Gasteiger partial charge >= 0.3 is 0 Å². The van der Waals surface area contributed by atoms with Gasteiger partial charge in [-0.25, -0.2) is 0 Å². The molecule has 1 aromatic rings. The van der Waals surface area contributed by atoms with Crippen LogP contribution in [0.3, 0.4) is 0 Å². The van der Waals surface area contributed by atoms with E-state index in [0.717, 1.165) is 18.6 Å². The van der Waals surface area contributed by atoms with E-state index in [1.807, 2.05) is 11.8 Å². The van der Waals surface area contributed by atoms with Gasteiger partial charge in [0.1, 0.15) is 11.9 Å². The van der Waals surface area contributed by atoms with Gasteiger partial charge in [-0.3, -0.25) is 0 Å². The second-order valence-corrected chi connectivity index (χ2v) is 7.52. The molecule has 1 N–H and O–H groups in total. The molecule has 2 nitrogen and oxygen atoms in total. The van der Waals surface area contributed by atoms with Gasteiger partial charge in [-0.15, -0.1) is 11.8 Å². The first-order valence-corrected chi connectivity index (χ1v) is 8.77. The number of nitrogens with one attached hydrogen (secondary N) is 1. The number of benzene rings is 1. The summed E-state index contributed by atoms with van der Waals surface area (Å²) < 4.78 is 6.07. The molecule has 1 fully saturated rings. The minimum atomic E-state index is 0.383. The average Bonchev–Trinajstić information content (AvgIpc) is 2.37. The SMILES string of the molecule is CCSC(C)N[C@H]1C[C@H](Oc2cccc(C(C)C)c2)C1. The number of ether oxygens (including phenoxy) is 1. The van der Waals surface area contributed by atoms with Crippen LogP contribution in [0.15, 0.2) is 24.3 Å². The van der Waals surface area contributed by atoms with Gasteiger partial charge in [0.15, 0.2) is 0 Å². The molecule has 0 saturated heterocycles. The molecule has 0 spiro atoms. The molecule has 112 valence electrons. The van der Waals surface area contributed by atoms with Gasteiger partial charge in [0, 0.05) is 6.04 Å². The third kappa shape index (κ3) is 4.42. The van der Waals surface area contributed by atoms with Crippen LogP contribution in [-0.2, 0) is 0 Å². The number of rotatable bonds is 7.